The number of nitrogens with zero attached hydrogens (tertiary/aromatic N) is 1. The molecule has 0 saturated carbocycles. The average molecular weight is 278 g/mol. The van der Waals surface area contributed by atoms with Crippen molar-refractivity contribution in [2.75, 3.05) is 26.7 Å². The number of rotatable bonds is 8. The molecule has 0 bridgehead atoms. The fourth-order valence-corrected chi connectivity index (χ4v) is 2.23. The highest BCUT2D eigenvalue weighted by Gasteiger charge is 2.13. The lowest BCUT2D eigenvalue weighted by Crippen LogP contribution is -2.39. The minimum Gasteiger partial charge on any atom is -0.497 e. The molecule has 1 aromatic rings. The standard InChI is InChI=1S/C16H26N2O2/c1-5-15(13-8-10-14(20-4)11-9-13)17-12-16(19)18(6-2)7-3/h8-11,15,17H,5-7,12H2,1-4H3. The predicted octanol–water partition coefficient (Wildman–Crippen LogP) is 2.60. The van der Waals surface area contributed by atoms with Crippen molar-refractivity contribution in [3.63, 3.8) is 0 Å². The van der Waals surface area contributed by atoms with Gasteiger partial charge in [0.25, 0.3) is 0 Å². The van der Waals surface area contributed by atoms with Gasteiger partial charge < -0.3 is 15.0 Å². The maximum absolute atomic E-state index is 12.0. The van der Waals surface area contributed by atoms with Crippen LogP contribution in [0.3, 0.4) is 0 Å². The van der Waals surface area contributed by atoms with Crippen molar-refractivity contribution in [1.29, 1.82) is 0 Å². The van der Waals surface area contributed by atoms with Crippen molar-refractivity contribution in [3.8, 4) is 5.75 Å². The number of carbonyl (C=O) groups is 1. The molecule has 0 heterocycles. The van der Waals surface area contributed by atoms with Crippen molar-refractivity contribution in [2.24, 2.45) is 0 Å². The van der Waals surface area contributed by atoms with E-state index < -0.39 is 0 Å². The fraction of sp³-hybridized carbons (Fsp3) is 0.562. The Morgan fingerprint density at radius 3 is 2.25 bits per heavy atom. The van der Waals surface area contributed by atoms with Crippen LogP contribution in [-0.4, -0.2) is 37.6 Å². The van der Waals surface area contributed by atoms with E-state index in [1.807, 2.05) is 43.0 Å². The maximum atomic E-state index is 12.0. The van der Waals surface area contributed by atoms with Crippen LogP contribution in [0, 0.1) is 0 Å². The topological polar surface area (TPSA) is 41.6 Å². The van der Waals surface area contributed by atoms with E-state index in [0.717, 1.165) is 25.3 Å². The number of benzene rings is 1. The summed E-state index contributed by atoms with van der Waals surface area (Å²) < 4.78 is 5.16. The largest absolute Gasteiger partial charge is 0.497 e. The van der Waals surface area contributed by atoms with Crippen LogP contribution in [0.25, 0.3) is 0 Å². The molecule has 0 aliphatic rings. The average Bonchev–Trinajstić information content (AvgIpc) is 2.49. The van der Waals surface area contributed by atoms with Crippen LogP contribution in [0.4, 0.5) is 0 Å². The molecule has 20 heavy (non-hydrogen) atoms. The normalized spacial score (nSPS) is 12.0. The molecule has 1 unspecified atom stereocenters. The number of likely N-dealkylation sites (N-methyl/N-ethyl adjacent to an activating group) is 1. The number of carbonyl (C=O) groups excluding carboxylic acids is 1. The summed E-state index contributed by atoms with van der Waals surface area (Å²) in [5.74, 6) is 1.00. The Kier molecular flexibility index (Phi) is 7.09. The van der Waals surface area contributed by atoms with Gasteiger partial charge in [0, 0.05) is 19.1 Å². The van der Waals surface area contributed by atoms with Gasteiger partial charge in [-0.25, -0.2) is 0 Å². The molecule has 4 heteroatoms. The summed E-state index contributed by atoms with van der Waals surface area (Å²) in [7, 11) is 1.66. The summed E-state index contributed by atoms with van der Waals surface area (Å²) >= 11 is 0. The minimum atomic E-state index is 0.155. The molecule has 0 radical (unpaired) electrons. The van der Waals surface area contributed by atoms with Crippen molar-refractivity contribution in [2.45, 2.75) is 33.2 Å². The summed E-state index contributed by atoms with van der Waals surface area (Å²) in [6.45, 7) is 8.02. The van der Waals surface area contributed by atoms with Gasteiger partial charge in [-0.3, -0.25) is 4.79 Å². The molecule has 1 rings (SSSR count). The lowest BCUT2D eigenvalue weighted by Gasteiger charge is -2.22. The molecule has 1 amide bonds. The Hall–Kier alpha value is -1.55. The van der Waals surface area contributed by atoms with E-state index in [9.17, 15) is 4.79 Å². The van der Waals surface area contributed by atoms with E-state index in [-0.39, 0.29) is 11.9 Å². The lowest BCUT2D eigenvalue weighted by atomic mass is 10.0. The monoisotopic (exact) mass is 278 g/mol. The number of nitrogens with one attached hydrogen (secondary N) is 1. The van der Waals surface area contributed by atoms with Crippen LogP contribution in [0.1, 0.15) is 38.8 Å². The summed E-state index contributed by atoms with van der Waals surface area (Å²) in [5, 5.41) is 3.34. The van der Waals surface area contributed by atoms with Gasteiger partial charge >= 0.3 is 0 Å². The number of hydrogen-bond donors (Lipinski definition) is 1. The summed E-state index contributed by atoms with van der Waals surface area (Å²) in [6, 6.07) is 8.18. The van der Waals surface area contributed by atoms with Crippen LogP contribution in [-0.2, 0) is 4.79 Å². The predicted molar refractivity (Wildman–Crippen MR) is 82.0 cm³/mol. The van der Waals surface area contributed by atoms with Gasteiger partial charge in [0.2, 0.25) is 5.91 Å². The van der Waals surface area contributed by atoms with Gasteiger partial charge in [0.05, 0.1) is 13.7 Å². The highest BCUT2D eigenvalue weighted by atomic mass is 16.5. The van der Waals surface area contributed by atoms with Gasteiger partial charge in [0.15, 0.2) is 0 Å². The van der Waals surface area contributed by atoms with E-state index in [2.05, 4.69) is 12.2 Å². The molecule has 1 aromatic carbocycles. The molecule has 0 saturated heterocycles. The molecule has 0 spiro atoms. The molecule has 0 aliphatic heterocycles. The second kappa shape index (κ2) is 8.59. The van der Waals surface area contributed by atoms with E-state index in [1.54, 1.807) is 7.11 Å². The van der Waals surface area contributed by atoms with Crippen LogP contribution in [0.5, 0.6) is 5.75 Å². The van der Waals surface area contributed by atoms with Gasteiger partial charge in [-0.1, -0.05) is 19.1 Å². The Morgan fingerprint density at radius 1 is 1.20 bits per heavy atom. The quantitative estimate of drug-likeness (QED) is 0.794. The Bertz CT molecular complexity index is 399. The first-order chi connectivity index (χ1) is 9.65. The Labute approximate surface area is 122 Å². The van der Waals surface area contributed by atoms with Crippen LogP contribution < -0.4 is 10.1 Å². The molecule has 0 aromatic heterocycles. The van der Waals surface area contributed by atoms with Gasteiger partial charge in [-0.05, 0) is 38.0 Å². The zero-order valence-electron chi connectivity index (χ0n) is 13.0. The third kappa shape index (κ3) is 4.53. The summed E-state index contributed by atoms with van der Waals surface area (Å²) in [6.07, 6.45) is 0.942. The smallest absolute Gasteiger partial charge is 0.236 e. The van der Waals surface area contributed by atoms with Crippen LogP contribution in [0.15, 0.2) is 24.3 Å². The van der Waals surface area contributed by atoms with E-state index >= 15 is 0 Å². The first-order valence-corrected chi connectivity index (χ1v) is 7.31. The molecule has 0 fully saturated rings. The Balaban J connectivity index is 2.60. The SMILES string of the molecule is CCC(NCC(=O)N(CC)CC)c1ccc(OC)cc1. The first-order valence-electron chi connectivity index (χ1n) is 7.31. The summed E-state index contributed by atoms with van der Waals surface area (Å²) in [4.78, 5) is 13.8. The first kappa shape index (κ1) is 16.5. The van der Waals surface area contributed by atoms with Crippen molar-refractivity contribution < 1.29 is 9.53 Å². The molecule has 112 valence electrons. The van der Waals surface area contributed by atoms with Crippen molar-refractivity contribution in [3.05, 3.63) is 29.8 Å². The van der Waals surface area contributed by atoms with Crippen molar-refractivity contribution in [1.82, 2.24) is 10.2 Å². The maximum Gasteiger partial charge on any atom is 0.236 e. The molecule has 1 atom stereocenters. The van der Waals surface area contributed by atoms with Crippen LogP contribution >= 0.6 is 0 Å². The van der Waals surface area contributed by atoms with E-state index in [1.165, 1.54) is 5.56 Å². The molecular formula is C16H26N2O2. The number of ether oxygens (including phenoxy) is 1. The minimum absolute atomic E-state index is 0.155. The highest BCUT2D eigenvalue weighted by Crippen LogP contribution is 2.19. The summed E-state index contributed by atoms with van der Waals surface area (Å²) in [5.41, 5.74) is 1.18. The van der Waals surface area contributed by atoms with Gasteiger partial charge in [-0.15, -0.1) is 0 Å². The fourth-order valence-electron chi connectivity index (χ4n) is 2.23. The molecular weight excluding hydrogens is 252 g/mol. The van der Waals surface area contributed by atoms with Gasteiger partial charge in [-0.2, -0.15) is 0 Å². The van der Waals surface area contributed by atoms with E-state index in [0.29, 0.717) is 6.54 Å². The molecule has 1 N–H and O–H groups in total. The van der Waals surface area contributed by atoms with E-state index in [4.69, 9.17) is 4.74 Å². The number of methoxy groups -OCH3 is 1. The highest BCUT2D eigenvalue weighted by molar-refractivity contribution is 5.78. The number of amides is 1. The van der Waals surface area contributed by atoms with Crippen LogP contribution in [0.2, 0.25) is 0 Å². The Morgan fingerprint density at radius 2 is 1.80 bits per heavy atom. The molecule has 4 nitrogen and oxygen atoms in total. The lowest BCUT2D eigenvalue weighted by molar-refractivity contribution is -0.130. The second-order valence-electron chi connectivity index (χ2n) is 4.68. The number of hydrogen-bond acceptors (Lipinski definition) is 3. The second-order valence-corrected chi connectivity index (χ2v) is 4.68. The zero-order valence-corrected chi connectivity index (χ0v) is 13.0. The van der Waals surface area contributed by atoms with Crippen molar-refractivity contribution >= 4 is 5.91 Å². The zero-order chi connectivity index (χ0) is 15.0. The third-order valence-corrected chi connectivity index (χ3v) is 3.54. The third-order valence-electron chi connectivity index (χ3n) is 3.54. The molecule has 0 aliphatic carbocycles. The van der Waals surface area contributed by atoms with Gasteiger partial charge in [0.1, 0.15) is 5.75 Å².